The molecule has 1 amide bonds. The Morgan fingerprint density at radius 1 is 0.818 bits per heavy atom. The smallest absolute Gasteiger partial charge is 0.247 e. The third kappa shape index (κ3) is 5.22. The second-order valence-corrected chi connectivity index (χ2v) is 5.40. The van der Waals surface area contributed by atoms with Crippen LogP contribution in [0, 0.1) is 0 Å². The van der Waals surface area contributed by atoms with Gasteiger partial charge in [0, 0.05) is 0 Å². The molecule has 4 heteroatoms. The molecule has 0 aliphatic carbocycles. The van der Waals surface area contributed by atoms with E-state index < -0.39 is 5.91 Å². The third-order valence-corrected chi connectivity index (χ3v) is 3.63. The Hall–Kier alpha value is -2.33. The predicted molar refractivity (Wildman–Crippen MR) is 84.8 cm³/mol. The lowest BCUT2D eigenvalue weighted by atomic mass is 10.0. The van der Waals surface area contributed by atoms with Crippen molar-refractivity contribution in [3.05, 3.63) is 65.2 Å². The largest absolute Gasteiger partial charge is 0.508 e. The number of hydrogen-bond acceptors (Lipinski definition) is 3. The van der Waals surface area contributed by atoms with Gasteiger partial charge in [0.2, 0.25) is 5.91 Å². The molecule has 4 nitrogen and oxygen atoms in total. The fourth-order valence-electron chi connectivity index (χ4n) is 2.37. The zero-order valence-corrected chi connectivity index (χ0v) is 12.5. The number of phenols is 1. The van der Waals surface area contributed by atoms with E-state index in [1.165, 1.54) is 11.1 Å². The fraction of sp³-hybridized carbons (Fsp3) is 0.278. The molecule has 0 radical (unpaired) electrons. The number of aryl methyl sites for hydroxylation is 2. The average molecular weight is 299 g/mol. The van der Waals surface area contributed by atoms with Crippen molar-refractivity contribution in [2.45, 2.75) is 32.1 Å². The van der Waals surface area contributed by atoms with E-state index in [0.717, 1.165) is 31.2 Å². The normalized spacial score (nSPS) is 10.4. The third-order valence-electron chi connectivity index (χ3n) is 3.63. The SMILES string of the molecule is O=C(Cc1ccc(CCCCc2ccc(O)cc2)cc1)NO. The van der Waals surface area contributed by atoms with Crippen molar-refractivity contribution < 1.29 is 15.1 Å². The van der Waals surface area contributed by atoms with Crippen LogP contribution in [0.3, 0.4) is 0 Å². The first-order valence-corrected chi connectivity index (χ1v) is 7.46. The van der Waals surface area contributed by atoms with Crippen molar-refractivity contribution in [3.63, 3.8) is 0 Å². The van der Waals surface area contributed by atoms with Crippen LogP contribution in [0.5, 0.6) is 5.75 Å². The molecule has 0 saturated heterocycles. The van der Waals surface area contributed by atoms with E-state index in [1.807, 2.05) is 36.4 Å². The number of hydrogen-bond donors (Lipinski definition) is 3. The Kier molecular flexibility index (Phi) is 5.98. The first kappa shape index (κ1) is 16.0. The van der Waals surface area contributed by atoms with Crippen molar-refractivity contribution in [2.24, 2.45) is 0 Å². The van der Waals surface area contributed by atoms with Gasteiger partial charge in [-0.1, -0.05) is 36.4 Å². The van der Waals surface area contributed by atoms with Crippen LogP contribution in [0.15, 0.2) is 48.5 Å². The van der Waals surface area contributed by atoms with Gasteiger partial charge in [-0.3, -0.25) is 10.0 Å². The fourth-order valence-corrected chi connectivity index (χ4v) is 2.37. The molecule has 2 aromatic carbocycles. The standard InChI is InChI=1S/C18H21NO3/c20-17-11-9-15(10-12-17)4-2-1-3-14-5-7-16(8-6-14)13-18(21)19-22/h5-12,20,22H,1-4,13H2,(H,19,21). The van der Waals surface area contributed by atoms with Crippen molar-refractivity contribution in [1.82, 2.24) is 5.48 Å². The van der Waals surface area contributed by atoms with E-state index >= 15 is 0 Å². The number of hydroxylamine groups is 1. The van der Waals surface area contributed by atoms with Crippen LogP contribution in [-0.2, 0) is 24.1 Å². The molecule has 0 aliphatic heterocycles. The van der Waals surface area contributed by atoms with Gasteiger partial charge >= 0.3 is 0 Å². The van der Waals surface area contributed by atoms with Crippen molar-refractivity contribution >= 4 is 5.91 Å². The number of carbonyl (C=O) groups is 1. The molecule has 0 aliphatic rings. The molecule has 0 spiro atoms. The summed E-state index contributed by atoms with van der Waals surface area (Å²) in [5, 5.41) is 17.7. The minimum Gasteiger partial charge on any atom is -0.508 e. The zero-order valence-electron chi connectivity index (χ0n) is 12.5. The van der Waals surface area contributed by atoms with E-state index in [1.54, 1.807) is 17.6 Å². The van der Waals surface area contributed by atoms with Crippen molar-refractivity contribution in [1.29, 1.82) is 0 Å². The van der Waals surface area contributed by atoms with Gasteiger partial charge in [-0.05, 0) is 54.5 Å². The Bertz CT molecular complexity index is 591. The molecule has 2 rings (SSSR count). The molecule has 0 saturated carbocycles. The van der Waals surface area contributed by atoms with Gasteiger partial charge in [0.1, 0.15) is 5.75 Å². The van der Waals surface area contributed by atoms with Crippen LogP contribution in [0.1, 0.15) is 29.5 Å². The first-order valence-electron chi connectivity index (χ1n) is 7.46. The van der Waals surface area contributed by atoms with E-state index in [9.17, 15) is 9.90 Å². The van der Waals surface area contributed by atoms with Crippen LogP contribution in [0.25, 0.3) is 0 Å². The number of carbonyl (C=O) groups excluding carboxylic acids is 1. The highest BCUT2D eigenvalue weighted by Gasteiger charge is 2.02. The molecule has 0 heterocycles. The Labute approximate surface area is 130 Å². The minimum absolute atomic E-state index is 0.192. The molecule has 22 heavy (non-hydrogen) atoms. The first-order chi connectivity index (χ1) is 10.7. The topological polar surface area (TPSA) is 69.6 Å². The van der Waals surface area contributed by atoms with Crippen molar-refractivity contribution in [2.75, 3.05) is 0 Å². The molecular formula is C18H21NO3. The molecular weight excluding hydrogens is 278 g/mol. The van der Waals surface area contributed by atoms with E-state index in [4.69, 9.17) is 5.21 Å². The number of benzene rings is 2. The molecule has 0 fully saturated rings. The lowest BCUT2D eigenvalue weighted by molar-refractivity contribution is -0.128. The molecule has 0 bridgehead atoms. The van der Waals surface area contributed by atoms with Gasteiger partial charge < -0.3 is 5.11 Å². The van der Waals surface area contributed by atoms with Gasteiger partial charge in [-0.15, -0.1) is 0 Å². The van der Waals surface area contributed by atoms with E-state index in [0.29, 0.717) is 5.75 Å². The molecule has 3 N–H and O–H groups in total. The lowest BCUT2D eigenvalue weighted by Gasteiger charge is -2.05. The van der Waals surface area contributed by atoms with Gasteiger partial charge in [-0.2, -0.15) is 0 Å². The number of phenolic OH excluding ortho intramolecular Hbond substituents is 1. The monoisotopic (exact) mass is 299 g/mol. The van der Waals surface area contributed by atoms with Crippen LogP contribution >= 0.6 is 0 Å². The Morgan fingerprint density at radius 2 is 1.27 bits per heavy atom. The minimum atomic E-state index is -0.401. The van der Waals surface area contributed by atoms with E-state index in [-0.39, 0.29) is 6.42 Å². The second kappa shape index (κ2) is 8.20. The Balaban J connectivity index is 1.72. The quantitative estimate of drug-likeness (QED) is 0.418. The summed E-state index contributed by atoms with van der Waals surface area (Å²) in [7, 11) is 0. The summed E-state index contributed by atoms with van der Waals surface area (Å²) in [6, 6.07) is 15.2. The molecule has 0 unspecified atom stereocenters. The van der Waals surface area contributed by atoms with Gasteiger partial charge in [0.15, 0.2) is 0 Å². The summed E-state index contributed by atoms with van der Waals surface area (Å²) < 4.78 is 0. The zero-order chi connectivity index (χ0) is 15.8. The number of nitrogens with one attached hydrogen (secondary N) is 1. The highest BCUT2D eigenvalue weighted by atomic mass is 16.5. The predicted octanol–water partition coefficient (Wildman–Crippen LogP) is 3.01. The van der Waals surface area contributed by atoms with Crippen LogP contribution < -0.4 is 5.48 Å². The van der Waals surface area contributed by atoms with E-state index in [2.05, 4.69) is 0 Å². The Morgan fingerprint density at radius 3 is 1.77 bits per heavy atom. The number of aromatic hydroxyl groups is 1. The highest BCUT2D eigenvalue weighted by Crippen LogP contribution is 2.13. The summed E-state index contributed by atoms with van der Waals surface area (Å²) in [6.07, 6.45) is 4.40. The second-order valence-electron chi connectivity index (χ2n) is 5.40. The highest BCUT2D eigenvalue weighted by molar-refractivity contribution is 5.77. The molecule has 116 valence electrons. The summed E-state index contributed by atoms with van der Waals surface area (Å²) in [4.78, 5) is 11.1. The van der Waals surface area contributed by atoms with Gasteiger partial charge in [0.05, 0.1) is 6.42 Å². The average Bonchev–Trinajstić information content (AvgIpc) is 2.54. The van der Waals surface area contributed by atoms with Crippen LogP contribution in [-0.4, -0.2) is 16.2 Å². The maximum atomic E-state index is 11.1. The number of rotatable bonds is 7. The summed E-state index contributed by atoms with van der Waals surface area (Å²) >= 11 is 0. The van der Waals surface area contributed by atoms with Crippen molar-refractivity contribution in [3.8, 4) is 5.75 Å². The number of unbranched alkanes of at least 4 members (excludes halogenated alkanes) is 1. The summed E-state index contributed by atoms with van der Waals surface area (Å²) in [5.41, 5.74) is 5.01. The van der Waals surface area contributed by atoms with Gasteiger partial charge in [0.25, 0.3) is 0 Å². The molecule has 0 atom stereocenters. The number of amides is 1. The van der Waals surface area contributed by atoms with Crippen LogP contribution in [0.4, 0.5) is 0 Å². The van der Waals surface area contributed by atoms with Crippen LogP contribution in [0.2, 0.25) is 0 Å². The molecule has 2 aromatic rings. The van der Waals surface area contributed by atoms with Gasteiger partial charge in [-0.25, -0.2) is 5.48 Å². The summed E-state index contributed by atoms with van der Waals surface area (Å²) in [5.74, 6) is -0.0969. The molecule has 0 aromatic heterocycles. The lowest BCUT2D eigenvalue weighted by Crippen LogP contribution is -2.20. The maximum absolute atomic E-state index is 11.1. The summed E-state index contributed by atoms with van der Waals surface area (Å²) in [6.45, 7) is 0. The maximum Gasteiger partial charge on any atom is 0.247 e.